The highest BCUT2D eigenvalue weighted by atomic mass is 16.1. The van der Waals surface area contributed by atoms with E-state index >= 15 is 0 Å². The molecule has 0 aromatic heterocycles. The maximum atomic E-state index is 11.2. The zero-order chi connectivity index (χ0) is 11.4. The molecule has 0 aromatic rings. The van der Waals surface area contributed by atoms with Crippen molar-refractivity contribution < 1.29 is 4.79 Å². The minimum absolute atomic E-state index is 0.294. The van der Waals surface area contributed by atoms with Crippen molar-refractivity contribution >= 4 is 5.78 Å². The van der Waals surface area contributed by atoms with Crippen LogP contribution in [-0.4, -0.2) is 23.8 Å². The zero-order valence-electron chi connectivity index (χ0n) is 10.4. The van der Waals surface area contributed by atoms with Crippen LogP contribution in [0.3, 0.4) is 0 Å². The maximum Gasteiger partial charge on any atom is 0.157 e. The molecule has 1 aliphatic carbocycles. The van der Waals surface area contributed by atoms with Gasteiger partial charge < -0.3 is 4.90 Å². The summed E-state index contributed by atoms with van der Waals surface area (Å²) < 4.78 is 0. The normalized spacial score (nSPS) is 16.4. The lowest BCUT2D eigenvalue weighted by Gasteiger charge is -2.29. The van der Waals surface area contributed by atoms with Crippen molar-refractivity contribution in [2.24, 2.45) is 11.8 Å². The number of carbonyl (C=O) groups excluding carboxylic acids is 1. The third-order valence-corrected chi connectivity index (χ3v) is 2.53. The van der Waals surface area contributed by atoms with Gasteiger partial charge in [0.1, 0.15) is 0 Å². The number of allylic oxidation sites excluding steroid dienone is 2. The lowest BCUT2D eigenvalue weighted by molar-refractivity contribution is -0.114. The first-order chi connectivity index (χ1) is 6.99. The van der Waals surface area contributed by atoms with E-state index < -0.39 is 0 Å². The number of carbonyl (C=O) groups is 1. The fourth-order valence-electron chi connectivity index (χ4n) is 2.02. The molecule has 0 spiro atoms. The lowest BCUT2D eigenvalue weighted by Crippen LogP contribution is -2.30. The van der Waals surface area contributed by atoms with Crippen molar-refractivity contribution in [2.75, 3.05) is 13.1 Å². The van der Waals surface area contributed by atoms with E-state index in [0.29, 0.717) is 24.0 Å². The molecule has 0 heterocycles. The van der Waals surface area contributed by atoms with Crippen molar-refractivity contribution in [3.63, 3.8) is 0 Å². The van der Waals surface area contributed by atoms with Crippen molar-refractivity contribution in [1.29, 1.82) is 0 Å². The molecule has 0 unspecified atom stereocenters. The van der Waals surface area contributed by atoms with E-state index in [-0.39, 0.29) is 0 Å². The SMILES string of the molecule is CC(C)CN(CC(C)C)C1=CC(=O)CC1. The van der Waals surface area contributed by atoms with Crippen LogP contribution in [0.4, 0.5) is 0 Å². The zero-order valence-corrected chi connectivity index (χ0v) is 10.4. The molecular weight excluding hydrogens is 186 g/mol. The van der Waals surface area contributed by atoms with Gasteiger partial charge in [-0.2, -0.15) is 0 Å². The van der Waals surface area contributed by atoms with Gasteiger partial charge in [-0.05, 0) is 18.3 Å². The molecule has 0 radical (unpaired) electrons. The first kappa shape index (κ1) is 12.3. The predicted octanol–water partition coefficient (Wildman–Crippen LogP) is 2.85. The first-order valence-corrected chi connectivity index (χ1v) is 5.97. The number of ketones is 1. The number of nitrogens with zero attached hydrogens (tertiary/aromatic N) is 1. The van der Waals surface area contributed by atoms with Gasteiger partial charge in [-0.3, -0.25) is 4.79 Å². The van der Waals surface area contributed by atoms with E-state index in [1.807, 2.05) is 6.08 Å². The molecule has 1 aliphatic rings. The summed E-state index contributed by atoms with van der Waals surface area (Å²) >= 11 is 0. The highest BCUT2D eigenvalue weighted by Gasteiger charge is 2.19. The van der Waals surface area contributed by atoms with Crippen molar-refractivity contribution in [1.82, 2.24) is 4.90 Å². The van der Waals surface area contributed by atoms with Gasteiger partial charge in [0.05, 0.1) is 0 Å². The van der Waals surface area contributed by atoms with E-state index in [2.05, 4.69) is 32.6 Å². The minimum atomic E-state index is 0.294. The Morgan fingerprint density at radius 3 is 2.00 bits per heavy atom. The molecule has 15 heavy (non-hydrogen) atoms. The third kappa shape index (κ3) is 4.06. The number of rotatable bonds is 5. The maximum absolute atomic E-state index is 11.2. The molecule has 0 saturated heterocycles. The van der Waals surface area contributed by atoms with Crippen molar-refractivity contribution in [3.05, 3.63) is 11.8 Å². The van der Waals surface area contributed by atoms with Crippen LogP contribution in [0, 0.1) is 11.8 Å². The second-order valence-electron chi connectivity index (χ2n) is 5.29. The molecule has 2 heteroatoms. The topological polar surface area (TPSA) is 20.3 Å². The van der Waals surface area contributed by atoms with Gasteiger partial charge in [0, 0.05) is 31.3 Å². The first-order valence-electron chi connectivity index (χ1n) is 5.97. The molecule has 0 aromatic carbocycles. The van der Waals surface area contributed by atoms with Crippen LogP contribution in [-0.2, 0) is 4.79 Å². The fourth-order valence-corrected chi connectivity index (χ4v) is 2.02. The second kappa shape index (κ2) is 5.34. The van der Waals surface area contributed by atoms with Gasteiger partial charge in [-0.15, -0.1) is 0 Å². The Kier molecular flexibility index (Phi) is 4.37. The van der Waals surface area contributed by atoms with Crippen LogP contribution in [0.2, 0.25) is 0 Å². The van der Waals surface area contributed by atoms with Gasteiger partial charge in [0.2, 0.25) is 0 Å². The summed E-state index contributed by atoms with van der Waals surface area (Å²) in [6.07, 6.45) is 3.49. The van der Waals surface area contributed by atoms with Gasteiger partial charge >= 0.3 is 0 Å². The Balaban J connectivity index is 2.63. The molecule has 0 N–H and O–H groups in total. The standard InChI is InChI=1S/C13H23NO/c1-10(2)8-14(9-11(3)4)12-5-6-13(15)7-12/h7,10-11H,5-6,8-9H2,1-4H3. The molecule has 0 bridgehead atoms. The van der Waals surface area contributed by atoms with Gasteiger partial charge in [-0.25, -0.2) is 0 Å². The fraction of sp³-hybridized carbons (Fsp3) is 0.769. The lowest BCUT2D eigenvalue weighted by atomic mass is 10.1. The van der Waals surface area contributed by atoms with Crippen molar-refractivity contribution in [2.45, 2.75) is 40.5 Å². The summed E-state index contributed by atoms with van der Waals surface area (Å²) in [5.74, 6) is 1.60. The van der Waals surface area contributed by atoms with E-state index in [4.69, 9.17) is 0 Å². The van der Waals surface area contributed by atoms with Gasteiger partial charge in [0.25, 0.3) is 0 Å². The Hall–Kier alpha value is -0.790. The molecule has 86 valence electrons. The summed E-state index contributed by atoms with van der Waals surface area (Å²) in [5, 5.41) is 0. The smallest absolute Gasteiger partial charge is 0.157 e. The van der Waals surface area contributed by atoms with E-state index in [1.165, 1.54) is 5.70 Å². The Bertz CT molecular complexity index is 243. The molecule has 0 amide bonds. The van der Waals surface area contributed by atoms with E-state index in [0.717, 1.165) is 19.5 Å². The summed E-state index contributed by atoms with van der Waals surface area (Å²) in [6.45, 7) is 11.0. The summed E-state index contributed by atoms with van der Waals surface area (Å²) in [7, 11) is 0. The molecule has 0 aliphatic heterocycles. The van der Waals surface area contributed by atoms with Crippen molar-refractivity contribution in [3.8, 4) is 0 Å². The van der Waals surface area contributed by atoms with Crippen LogP contribution < -0.4 is 0 Å². The summed E-state index contributed by atoms with van der Waals surface area (Å²) in [6, 6.07) is 0. The quantitative estimate of drug-likeness (QED) is 0.694. The monoisotopic (exact) mass is 209 g/mol. The molecule has 0 fully saturated rings. The highest BCUT2D eigenvalue weighted by molar-refractivity contribution is 5.92. The van der Waals surface area contributed by atoms with Gasteiger partial charge in [-0.1, -0.05) is 27.7 Å². The van der Waals surface area contributed by atoms with Crippen LogP contribution in [0.15, 0.2) is 11.8 Å². The van der Waals surface area contributed by atoms with Crippen LogP contribution in [0.5, 0.6) is 0 Å². The van der Waals surface area contributed by atoms with Crippen LogP contribution >= 0.6 is 0 Å². The molecule has 0 saturated carbocycles. The average molecular weight is 209 g/mol. The largest absolute Gasteiger partial charge is 0.374 e. The number of hydrogen-bond acceptors (Lipinski definition) is 2. The number of hydrogen-bond donors (Lipinski definition) is 0. The van der Waals surface area contributed by atoms with Crippen LogP contribution in [0.25, 0.3) is 0 Å². The Morgan fingerprint density at radius 1 is 1.13 bits per heavy atom. The molecule has 1 rings (SSSR count). The molecule has 0 atom stereocenters. The molecule has 2 nitrogen and oxygen atoms in total. The molecular formula is C13H23NO. The summed E-state index contributed by atoms with van der Waals surface area (Å²) in [5.41, 5.74) is 1.25. The highest BCUT2D eigenvalue weighted by Crippen LogP contribution is 2.21. The van der Waals surface area contributed by atoms with E-state index in [1.54, 1.807) is 0 Å². The summed E-state index contributed by atoms with van der Waals surface area (Å²) in [4.78, 5) is 13.6. The van der Waals surface area contributed by atoms with Crippen LogP contribution in [0.1, 0.15) is 40.5 Å². The Morgan fingerprint density at radius 2 is 1.67 bits per heavy atom. The second-order valence-corrected chi connectivity index (χ2v) is 5.29. The average Bonchev–Trinajstić information content (AvgIpc) is 2.48. The van der Waals surface area contributed by atoms with Gasteiger partial charge in [0.15, 0.2) is 5.78 Å². The minimum Gasteiger partial charge on any atom is -0.374 e. The third-order valence-electron chi connectivity index (χ3n) is 2.53. The predicted molar refractivity (Wildman–Crippen MR) is 63.6 cm³/mol. The van der Waals surface area contributed by atoms with E-state index in [9.17, 15) is 4.79 Å². The Labute approximate surface area is 93.3 Å².